The molecule has 1 heterocycles. The summed E-state index contributed by atoms with van der Waals surface area (Å²) < 4.78 is 14.0. The van der Waals surface area contributed by atoms with Gasteiger partial charge < -0.3 is 15.5 Å². The summed E-state index contributed by atoms with van der Waals surface area (Å²) in [5, 5.41) is 5.83. The van der Waals surface area contributed by atoms with Gasteiger partial charge in [0.15, 0.2) is 0 Å². The smallest absolute Gasteiger partial charge is 0.233 e. The van der Waals surface area contributed by atoms with E-state index in [1.165, 1.54) is 12.1 Å². The third kappa shape index (κ3) is 3.32. The normalized spacial score (nSPS) is 10.2. The number of benzene rings is 1. The molecule has 0 bridgehead atoms. The predicted octanol–water partition coefficient (Wildman–Crippen LogP) is 2.62. The minimum absolute atomic E-state index is 0.333. The second-order valence-corrected chi connectivity index (χ2v) is 5.03. The summed E-state index contributed by atoms with van der Waals surface area (Å²) in [7, 11) is 5.38. The topological polar surface area (TPSA) is 66.0 Å². The van der Waals surface area contributed by atoms with Gasteiger partial charge in [-0.3, -0.25) is 0 Å². The molecule has 0 aliphatic carbocycles. The van der Waals surface area contributed by atoms with Gasteiger partial charge in [-0.2, -0.15) is 15.0 Å². The van der Waals surface area contributed by atoms with Crippen LogP contribution in [0.2, 0.25) is 0 Å². The minimum atomic E-state index is -0.341. The van der Waals surface area contributed by atoms with Gasteiger partial charge in [0.25, 0.3) is 0 Å². The van der Waals surface area contributed by atoms with Gasteiger partial charge in [-0.05, 0) is 34.1 Å². The van der Waals surface area contributed by atoms with Crippen LogP contribution in [0.4, 0.5) is 27.9 Å². The van der Waals surface area contributed by atoms with Crippen molar-refractivity contribution in [2.75, 3.05) is 36.7 Å². The molecule has 2 rings (SSSR count). The fourth-order valence-electron chi connectivity index (χ4n) is 1.45. The molecule has 0 spiro atoms. The predicted molar refractivity (Wildman–Crippen MR) is 81.1 cm³/mol. The number of hydrogen-bond donors (Lipinski definition) is 2. The standard InChI is InChI=1S/C12H14BrFN6/c1-15-10-17-11(19-12(18-10)20(2)3)16-9-6-7(14)4-5-8(9)13/h4-6H,1-3H3,(H2,15,16,17,18,19). The van der Waals surface area contributed by atoms with Crippen molar-refractivity contribution in [3.63, 3.8) is 0 Å². The summed E-state index contributed by atoms with van der Waals surface area (Å²) in [4.78, 5) is 14.4. The Morgan fingerprint density at radius 1 is 1.15 bits per heavy atom. The summed E-state index contributed by atoms with van der Waals surface area (Å²) in [6.07, 6.45) is 0. The van der Waals surface area contributed by atoms with Gasteiger partial charge in [-0.1, -0.05) is 0 Å². The number of nitrogens with zero attached hydrogens (tertiary/aromatic N) is 4. The zero-order valence-electron chi connectivity index (χ0n) is 11.3. The lowest BCUT2D eigenvalue weighted by molar-refractivity contribution is 0.628. The molecule has 6 nitrogen and oxygen atoms in total. The fraction of sp³-hybridized carbons (Fsp3) is 0.250. The maximum absolute atomic E-state index is 13.3. The maximum Gasteiger partial charge on any atom is 0.233 e. The Bertz CT molecular complexity index is 619. The number of anilines is 4. The molecule has 106 valence electrons. The third-order valence-electron chi connectivity index (χ3n) is 2.42. The molecule has 0 radical (unpaired) electrons. The lowest BCUT2D eigenvalue weighted by atomic mass is 10.3. The molecule has 0 saturated carbocycles. The van der Waals surface area contributed by atoms with Gasteiger partial charge in [0.05, 0.1) is 5.69 Å². The molecule has 0 atom stereocenters. The molecule has 2 aromatic rings. The summed E-state index contributed by atoms with van der Waals surface area (Å²) >= 11 is 3.34. The van der Waals surface area contributed by atoms with Gasteiger partial charge in [-0.25, -0.2) is 4.39 Å². The summed E-state index contributed by atoms with van der Waals surface area (Å²) in [5.74, 6) is 0.920. The van der Waals surface area contributed by atoms with Crippen LogP contribution < -0.4 is 15.5 Å². The number of rotatable bonds is 4. The van der Waals surface area contributed by atoms with Gasteiger partial charge >= 0.3 is 0 Å². The van der Waals surface area contributed by atoms with Crippen molar-refractivity contribution in [1.82, 2.24) is 15.0 Å². The van der Waals surface area contributed by atoms with Crippen molar-refractivity contribution in [2.24, 2.45) is 0 Å². The van der Waals surface area contributed by atoms with E-state index in [1.807, 2.05) is 14.1 Å². The highest BCUT2D eigenvalue weighted by molar-refractivity contribution is 9.10. The molecule has 20 heavy (non-hydrogen) atoms. The second kappa shape index (κ2) is 6.00. The molecule has 0 fully saturated rings. The van der Waals surface area contributed by atoms with Crippen LogP contribution in [0.1, 0.15) is 0 Å². The Balaban J connectivity index is 2.37. The maximum atomic E-state index is 13.3. The monoisotopic (exact) mass is 340 g/mol. The number of nitrogens with one attached hydrogen (secondary N) is 2. The molecular formula is C12H14BrFN6. The minimum Gasteiger partial charge on any atom is -0.357 e. The molecular weight excluding hydrogens is 327 g/mol. The lowest BCUT2D eigenvalue weighted by Crippen LogP contribution is -2.15. The molecule has 2 N–H and O–H groups in total. The van der Waals surface area contributed by atoms with E-state index < -0.39 is 0 Å². The Labute approximate surface area is 124 Å². The molecule has 0 amide bonds. The first kappa shape index (κ1) is 14.4. The van der Waals surface area contributed by atoms with Gasteiger partial charge in [0.2, 0.25) is 17.8 Å². The van der Waals surface area contributed by atoms with Crippen molar-refractivity contribution < 1.29 is 4.39 Å². The molecule has 1 aromatic carbocycles. The highest BCUT2D eigenvalue weighted by atomic mass is 79.9. The second-order valence-electron chi connectivity index (χ2n) is 4.18. The summed E-state index contributed by atoms with van der Waals surface area (Å²) in [6, 6.07) is 4.35. The van der Waals surface area contributed by atoms with E-state index in [9.17, 15) is 4.39 Å². The van der Waals surface area contributed by atoms with Gasteiger partial charge in [0.1, 0.15) is 5.82 Å². The molecule has 0 aliphatic rings. The van der Waals surface area contributed by atoms with Crippen LogP contribution >= 0.6 is 15.9 Å². The number of halogens is 2. The van der Waals surface area contributed by atoms with Crippen LogP contribution in [0.25, 0.3) is 0 Å². The average Bonchev–Trinajstić information content (AvgIpc) is 2.42. The molecule has 8 heteroatoms. The van der Waals surface area contributed by atoms with Crippen molar-refractivity contribution >= 4 is 39.5 Å². The van der Waals surface area contributed by atoms with E-state index in [2.05, 4.69) is 41.5 Å². The zero-order valence-corrected chi connectivity index (χ0v) is 12.9. The quantitative estimate of drug-likeness (QED) is 0.891. The Kier molecular flexibility index (Phi) is 4.33. The van der Waals surface area contributed by atoms with Crippen LogP contribution in [0, 0.1) is 5.82 Å². The molecule has 0 unspecified atom stereocenters. The summed E-state index contributed by atoms with van der Waals surface area (Å²) in [6.45, 7) is 0. The van der Waals surface area contributed by atoms with Crippen LogP contribution in [0.3, 0.4) is 0 Å². The van der Waals surface area contributed by atoms with E-state index in [0.717, 1.165) is 4.47 Å². The highest BCUT2D eigenvalue weighted by Gasteiger charge is 2.09. The van der Waals surface area contributed by atoms with Gasteiger partial charge in [-0.15, -0.1) is 0 Å². The van der Waals surface area contributed by atoms with E-state index in [4.69, 9.17) is 0 Å². The van der Waals surface area contributed by atoms with Crippen molar-refractivity contribution in [2.45, 2.75) is 0 Å². The largest absolute Gasteiger partial charge is 0.357 e. The molecule has 0 aliphatic heterocycles. The average molecular weight is 341 g/mol. The van der Waals surface area contributed by atoms with E-state index in [0.29, 0.717) is 23.5 Å². The molecule has 1 aromatic heterocycles. The lowest BCUT2D eigenvalue weighted by Gasteiger charge is -2.13. The van der Waals surface area contributed by atoms with Crippen LogP contribution in [0.15, 0.2) is 22.7 Å². The van der Waals surface area contributed by atoms with Gasteiger partial charge in [0, 0.05) is 25.6 Å². The first-order valence-corrected chi connectivity index (χ1v) is 6.62. The number of aromatic nitrogens is 3. The van der Waals surface area contributed by atoms with Crippen LogP contribution in [-0.4, -0.2) is 36.1 Å². The van der Waals surface area contributed by atoms with Crippen molar-refractivity contribution in [3.05, 3.63) is 28.5 Å². The Morgan fingerprint density at radius 3 is 2.50 bits per heavy atom. The van der Waals surface area contributed by atoms with Crippen molar-refractivity contribution in [3.8, 4) is 0 Å². The third-order valence-corrected chi connectivity index (χ3v) is 3.11. The fourth-order valence-corrected chi connectivity index (χ4v) is 1.79. The first-order valence-electron chi connectivity index (χ1n) is 5.83. The SMILES string of the molecule is CNc1nc(Nc2cc(F)ccc2Br)nc(N(C)C)n1. The molecule has 0 saturated heterocycles. The van der Waals surface area contributed by atoms with Crippen LogP contribution in [0.5, 0.6) is 0 Å². The van der Waals surface area contributed by atoms with E-state index in [1.54, 1.807) is 18.0 Å². The van der Waals surface area contributed by atoms with Crippen molar-refractivity contribution in [1.29, 1.82) is 0 Å². The first-order chi connectivity index (χ1) is 9.49. The highest BCUT2D eigenvalue weighted by Crippen LogP contribution is 2.26. The Hall–Kier alpha value is -1.96. The van der Waals surface area contributed by atoms with E-state index in [-0.39, 0.29) is 5.82 Å². The number of hydrogen-bond acceptors (Lipinski definition) is 6. The van der Waals surface area contributed by atoms with Crippen LogP contribution in [-0.2, 0) is 0 Å². The van der Waals surface area contributed by atoms with E-state index >= 15 is 0 Å². The summed E-state index contributed by atoms with van der Waals surface area (Å²) in [5.41, 5.74) is 0.544. The Morgan fingerprint density at radius 2 is 1.85 bits per heavy atom. The zero-order chi connectivity index (χ0) is 14.7.